The number of nitrogens with zero attached hydrogens (tertiary/aromatic N) is 10. The van der Waals surface area contributed by atoms with Crippen molar-refractivity contribution in [2.75, 3.05) is 133 Å². The highest BCUT2D eigenvalue weighted by Gasteiger charge is 2.29. The molecule has 442 valence electrons. The van der Waals surface area contributed by atoms with Crippen LogP contribution in [0.15, 0.2) is 72.8 Å². The second-order valence-corrected chi connectivity index (χ2v) is 21.5. The highest BCUT2D eigenvalue weighted by atomic mass is 35.5. The normalized spacial score (nSPS) is 15.3. The Morgan fingerprint density at radius 3 is 1.29 bits per heavy atom. The maximum atomic E-state index is 12.1. The third-order valence-corrected chi connectivity index (χ3v) is 14.7. The molecule has 4 heterocycles. The molecule has 0 fully saturated rings. The first-order chi connectivity index (χ1) is 40.0. The minimum absolute atomic E-state index is 0.106. The SMILES string of the molecule is CN1Cc2c(Cl)cc(Cl)cc2[C@H](c2cccc(-c3nnn(CCOCCOCCOCCNC(=O)NCCCCNC(=O)NCCOCCOCCOCCn4nnc(-c5cccc([C@@H]6CN(C)Cc7c(Cl)cc(Cl)cc76)c5)n4)n3)c2)C1. The third-order valence-electron chi connectivity index (χ3n) is 13.6. The molecule has 0 saturated carbocycles. The molecule has 22 nitrogen and oxygen atoms in total. The van der Waals surface area contributed by atoms with E-state index in [4.69, 9.17) is 74.8 Å². The van der Waals surface area contributed by atoms with Crippen LogP contribution in [0.1, 0.15) is 58.1 Å². The number of urea groups is 2. The zero-order valence-electron chi connectivity index (χ0n) is 46.3. The molecular weight excluding hydrogens is 1140 g/mol. The van der Waals surface area contributed by atoms with Crippen LogP contribution >= 0.6 is 46.4 Å². The zero-order chi connectivity index (χ0) is 57.5. The maximum absolute atomic E-state index is 12.1. The second kappa shape index (κ2) is 33.0. The molecule has 2 aliphatic heterocycles. The number of unbranched alkanes of at least 4 members (excludes halogenated alkanes) is 1. The number of carbonyl (C=O) groups excluding carboxylic acids is 2. The van der Waals surface area contributed by atoms with Gasteiger partial charge < -0.3 is 59.5 Å². The molecule has 8 rings (SSSR count). The summed E-state index contributed by atoms with van der Waals surface area (Å²) in [7, 11) is 4.18. The number of ether oxygens (including phenoxy) is 6. The van der Waals surface area contributed by atoms with Crippen LogP contribution in [0, 0.1) is 0 Å². The van der Waals surface area contributed by atoms with Gasteiger partial charge in [-0.1, -0.05) is 82.8 Å². The van der Waals surface area contributed by atoms with E-state index in [2.05, 4.69) is 100 Å². The fourth-order valence-electron chi connectivity index (χ4n) is 9.59. The molecular formula is C56H72Cl4N14O8. The number of hydrogen-bond donors (Lipinski definition) is 4. The first kappa shape index (κ1) is 62.4. The fourth-order valence-corrected chi connectivity index (χ4v) is 10.7. The lowest BCUT2D eigenvalue weighted by Crippen LogP contribution is -2.39. The predicted octanol–water partition coefficient (Wildman–Crippen LogP) is 6.94. The Morgan fingerprint density at radius 2 is 0.878 bits per heavy atom. The van der Waals surface area contributed by atoms with E-state index < -0.39 is 0 Å². The van der Waals surface area contributed by atoms with Gasteiger partial charge in [0.1, 0.15) is 0 Å². The Kier molecular flexibility index (Phi) is 25.2. The molecule has 0 spiro atoms. The number of carbonyl (C=O) groups is 2. The van der Waals surface area contributed by atoms with Gasteiger partial charge in [0.05, 0.1) is 92.4 Å². The summed E-state index contributed by atoms with van der Waals surface area (Å²) < 4.78 is 33.7. The van der Waals surface area contributed by atoms with Crippen LogP contribution in [0.5, 0.6) is 0 Å². The van der Waals surface area contributed by atoms with Gasteiger partial charge in [-0.2, -0.15) is 9.59 Å². The van der Waals surface area contributed by atoms with Crippen LogP contribution in [-0.2, 0) is 54.6 Å². The first-order valence-corrected chi connectivity index (χ1v) is 29.1. The highest BCUT2D eigenvalue weighted by molar-refractivity contribution is 6.35. The molecule has 4 N–H and O–H groups in total. The number of benzene rings is 4. The minimum Gasteiger partial charge on any atom is -0.377 e. The lowest BCUT2D eigenvalue weighted by molar-refractivity contribution is 0.0130. The van der Waals surface area contributed by atoms with Crippen molar-refractivity contribution >= 4 is 58.5 Å². The molecule has 82 heavy (non-hydrogen) atoms. The van der Waals surface area contributed by atoms with E-state index in [0.29, 0.717) is 163 Å². The molecule has 26 heteroatoms. The summed E-state index contributed by atoms with van der Waals surface area (Å²) >= 11 is 26.0. The summed E-state index contributed by atoms with van der Waals surface area (Å²) in [6.45, 7) is 10.5. The number of nitrogens with one attached hydrogen (secondary N) is 4. The molecule has 2 aliphatic rings. The topological polar surface area (TPSA) is 231 Å². The van der Waals surface area contributed by atoms with Crippen molar-refractivity contribution in [1.82, 2.24) is 71.5 Å². The minimum atomic E-state index is -0.279. The van der Waals surface area contributed by atoms with Gasteiger partial charge in [0, 0.05) is 95.4 Å². The number of rotatable bonds is 33. The van der Waals surface area contributed by atoms with Crippen LogP contribution in [0.3, 0.4) is 0 Å². The molecule has 0 saturated heterocycles. The highest BCUT2D eigenvalue weighted by Crippen LogP contribution is 2.41. The maximum Gasteiger partial charge on any atom is 0.314 e. The van der Waals surface area contributed by atoms with Gasteiger partial charge >= 0.3 is 12.1 Å². The van der Waals surface area contributed by atoms with Gasteiger partial charge in [-0.3, -0.25) is 0 Å². The van der Waals surface area contributed by atoms with Crippen molar-refractivity contribution < 1.29 is 38.0 Å². The van der Waals surface area contributed by atoms with Crippen molar-refractivity contribution in [1.29, 1.82) is 0 Å². The van der Waals surface area contributed by atoms with Crippen molar-refractivity contribution in [3.63, 3.8) is 0 Å². The summed E-state index contributed by atoms with van der Waals surface area (Å²) in [5, 5.41) is 39.9. The standard InChI is InChI=1S/C56H72Cl4N14O8/c1-71-35-47(45-31-43(57)33-51(59)49(45)37-71)39-7-5-9-41(29-39)53-65-69-73(67-53)15-19-79-23-27-81-25-21-77-17-13-63-55(75)61-11-3-4-12-62-56(76)64-14-18-78-22-26-82-28-24-80-20-16-74-68-54(66-70-74)42-10-6-8-40(30-42)48-36-72(2)38-50-46(48)32-44(58)34-52(50)60/h5-10,29-34,47-48H,3-4,11-28,35-38H2,1-2H3,(H2,61,63,75)(H2,62,64,76)/t47-,48-/m0/s1. The zero-order valence-corrected chi connectivity index (χ0v) is 49.3. The Hall–Kier alpha value is -5.60. The summed E-state index contributed by atoms with van der Waals surface area (Å²) in [6, 6.07) is 23.5. The summed E-state index contributed by atoms with van der Waals surface area (Å²) in [5.74, 6) is 1.29. The van der Waals surface area contributed by atoms with Crippen LogP contribution in [0.2, 0.25) is 20.1 Å². The van der Waals surface area contributed by atoms with Crippen molar-refractivity contribution in [3.05, 3.63) is 126 Å². The van der Waals surface area contributed by atoms with E-state index in [1.54, 1.807) is 12.1 Å². The molecule has 4 amide bonds. The number of likely N-dealkylation sites (N-methyl/N-ethyl adjacent to an activating group) is 2. The second-order valence-electron chi connectivity index (χ2n) is 19.8. The van der Waals surface area contributed by atoms with E-state index in [1.807, 2.05) is 36.4 Å². The summed E-state index contributed by atoms with van der Waals surface area (Å²) in [4.78, 5) is 31.8. The molecule has 0 aliphatic carbocycles. The smallest absolute Gasteiger partial charge is 0.314 e. The van der Waals surface area contributed by atoms with Gasteiger partial charge in [-0.15, -0.1) is 20.4 Å². The molecule has 6 aromatic rings. The lowest BCUT2D eigenvalue weighted by Gasteiger charge is -2.33. The summed E-state index contributed by atoms with van der Waals surface area (Å²) in [5.41, 5.74) is 8.51. The number of halogens is 4. The molecule has 0 radical (unpaired) electrons. The van der Waals surface area contributed by atoms with E-state index in [-0.39, 0.29) is 23.9 Å². The van der Waals surface area contributed by atoms with Gasteiger partial charge in [-0.25, -0.2) is 9.59 Å². The number of amides is 4. The Bertz CT molecular complexity index is 2780. The molecule has 0 unspecified atom stereocenters. The largest absolute Gasteiger partial charge is 0.377 e. The molecule has 2 atom stereocenters. The van der Waals surface area contributed by atoms with Gasteiger partial charge in [0.25, 0.3) is 0 Å². The molecule has 2 aromatic heterocycles. The van der Waals surface area contributed by atoms with Crippen molar-refractivity contribution in [3.8, 4) is 22.8 Å². The van der Waals surface area contributed by atoms with E-state index in [1.165, 1.54) is 9.59 Å². The number of aromatic nitrogens is 8. The van der Waals surface area contributed by atoms with E-state index >= 15 is 0 Å². The average Bonchev–Trinajstić information content (AvgIpc) is 3.71. The first-order valence-electron chi connectivity index (χ1n) is 27.6. The quantitative estimate of drug-likeness (QED) is 0.0306. The van der Waals surface area contributed by atoms with Crippen LogP contribution in [0.25, 0.3) is 22.8 Å². The van der Waals surface area contributed by atoms with Crippen molar-refractivity contribution in [2.24, 2.45) is 0 Å². The number of tetrazole rings is 2. The Morgan fingerprint density at radius 1 is 0.500 bits per heavy atom. The lowest BCUT2D eigenvalue weighted by atomic mass is 9.84. The van der Waals surface area contributed by atoms with Crippen LogP contribution in [-0.4, -0.2) is 195 Å². The Balaban J connectivity index is 0.549. The fraction of sp³-hybridized carbons (Fsp3) is 0.500. The predicted molar refractivity (Wildman–Crippen MR) is 313 cm³/mol. The third kappa shape index (κ3) is 19.5. The Labute approximate surface area is 498 Å². The van der Waals surface area contributed by atoms with Gasteiger partial charge in [0.15, 0.2) is 0 Å². The average molecular weight is 1210 g/mol. The van der Waals surface area contributed by atoms with Gasteiger partial charge in [-0.05, 0) is 107 Å². The monoisotopic (exact) mass is 1210 g/mol. The van der Waals surface area contributed by atoms with E-state index in [0.717, 1.165) is 70.7 Å². The summed E-state index contributed by atoms with van der Waals surface area (Å²) in [6.07, 6.45) is 1.41. The van der Waals surface area contributed by atoms with Crippen molar-refractivity contribution in [2.45, 2.75) is 50.9 Å². The number of hydrogen-bond acceptors (Lipinski definition) is 16. The van der Waals surface area contributed by atoms with Crippen LogP contribution in [0.4, 0.5) is 9.59 Å². The van der Waals surface area contributed by atoms with Crippen LogP contribution < -0.4 is 21.3 Å². The molecule has 4 aromatic carbocycles. The number of fused-ring (bicyclic) bond motifs is 2. The molecule has 0 bridgehead atoms. The van der Waals surface area contributed by atoms with E-state index in [9.17, 15) is 9.59 Å². The van der Waals surface area contributed by atoms with Gasteiger partial charge in [0.2, 0.25) is 11.6 Å².